The third-order valence-electron chi connectivity index (χ3n) is 4.18. The number of thioether (sulfide) groups is 1. The van der Waals surface area contributed by atoms with E-state index in [0.29, 0.717) is 5.56 Å². The van der Waals surface area contributed by atoms with Crippen molar-refractivity contribution in [3.63, 3.8) is 0 Å². The summed E-state index contributed by atoms with van der Waals surface area (Å²) in [5.41, 5.74) is -0.312. The van der Waals surface area contributed by atoms with Crippen molar-refractivity contribution < 1.29 is 32.6 Å². The second-order valence-corrected chi connectivity index (χ2v) is 7.70. The Balaban J connectivity index is 1.58. The number of phenols is 1. The predicted molar refractivity (Wildman–Crippen MR) is 114 cm³/mol. The van der Waals surface area contributed by atoms with Crippen LogP contribution in [-0.4, -0.2) is 40.7 Å². The number of carbonyl (C=O) groups excluding carboxylic acids is 2. The highest BCUT2D eigenvalue weighted by molar-refractivity contribution is 8.15. The number of rotatable bonds is 6. The van der Waals surface area contributed by atoms with Crippen LogP contribution in [0.15, 0.2) is 52.7 Å². The van der Waals surface area contributed by atoms with Crippen molar-refractivity contribution in [1.82, 2.24) is 5.32 Å². The molecule has 0 saturated carbocycles. The van der Waals surface area contributed by atoms with E-state index in [2.05, 4.69) is 20.8 Å². The number of alkyl halides is 3. The quantitative estimate of drug-likeness (QED) is 0.446. The molecule has 1 atom stereocenters. The number of halogens is 3. The molecule has 0 radical (unpaired) electrons. The minimum atomic E-state index is -4.53. The molecule has 8 nitrogen and oxygen atoms in total. The number of nitrogens with zero attached hydrogens (tertiary/aromatic N) is 2. The molecule has 2 aromatic carbocycles. The van der Waals surface area contributed by atoms with E-state index in [1.165, 1.54) is 31.5 Å². The summed E-state index contributed by atoms with van der Waals surface area (Å²) < 4.78 is 43.3. The summed E-state index contributed by atoms with van der Waals surface area (Å²) in [6.07, 6.45) is -3.40. The molecule has 0 aliphatic carbocycles. The number of carbonyl (C=O) groups is 2. The fraction of sp³-hybridized carbons (Fsp3) is 0.200. The highest BCUT2D eigenvalue weighted by atomic mass is 32.2. The van der Waals surface area contributed by atoms with Crippen LogP contribution in [0.4, 0.5) is 18.9 Å². The predicted octanol–water partition coefficient (Wildman–Crippen LogP) is 3.37. The number of benzene rings is 2. The van der Waals surface area contributed by atoms with Gasteiger partial charge in [-0.2, -0.15) is 18.3 Å². The second kappa shape index (κ2) is 9.73. The van der Waals surface area contributed by atoms with E-state index < -0.39 is 28.8 Å². The van der Waals surface area contributed by atoms with Gasteiger partial charge in [0.2, 0.25) is 11.8 Å². The molecule has 1 aliphatic heterocycles. The number of hydrogen-bond donors (Lipinski definition) is 3. The Morgan fingerprint density at radius 3 is 2.81 bits per heavy atom. The zero-order chi connectivity index (χ0) is 23.3. The van der Waals surface area contributed by atoms with Crippen molar-refractivity contribution in [2.75, 3.05) is 12.4 Å². The van der Waals surface area contributed by atoms with E-state index in [0.717, 1.165) is 23.9 Å². The number of aromatic hydroxyl groups is 1. The van der Waals surface area contributed by atoms with E-state index in [4.69, 9.17) is 4.74 Å². The Morgan fingerprint density at radius 2 is 2.09 bits per heavy atom. The van der Waals surface area contributed by atoms with Crippen molar-refractivity contribution in [2.24, 2.45) is 10.2 Å². The van der Waals surface area contributed by atoms with Gasteiger partial charge in [0.25, 0.3) is 0 Å². The number of anilines is 1. The maximum Gasteiger partial charge on any atom is 0.416 e. The van der Waals surface area contributed by atoms with Crippen LogP contribution in [0.3, 0.4) is 0 Å². The highest BCUT2D eigenvalue weighted by Crippen LogP contribution is 2.31. The van der Waals surface area contributed by atoms with Gasteiger partial charge in [-0.3, -0.25) is 9.59 Å². The van der Waals surface area contributed by atoms with Gasteiger partial charge in [-0.1, -0.05) is 17.8 Å². The molecule has 12 heteroatoms. The summed E-state index contributed by atoms with van der Waals surface area (Å²) in [6.45, 7) is 0. The summed E-state index contributed by atoms with van der Waals surface area (Å²) in [6, 6.07) is 8.78. The van der Waals surface area contributed by atoms with Crippen LogP contribution in [-0.2, 0) is 15.8 Å². The second-order valence-electron chi connectivity index (χ2n) is 6.51. The zero-order valence-corrected chi connectivity index (χ0v) is 17.3. The number of nitrogens with one attached hydrogen (secondary N) is 2. The molecule has 2 amide bonds. The molecule has 3 rings (SSSR count). The maximum absolute atomic E-state index is 12.8. The number of ether oxygens (including phenoxy) is 1. The molecular formula is C20H17F3N4O4S. The molecule has 0 unspecified atom stereocenters. The third kappa shape index (κ3) is 6.00. The fourth-order valence-electron chi connectivity index (χ4n) is 2.66. The van der Waals surface area contributed by atoms with Crippen LogP contribution in [0.25, 0.3) is 0 Å². The molecule has 0 aromatic heterocycles. The first kappa shape index (κ1) is 23.1. The lowest BCUT2D eigenvalue weighted by Crippen LogP contribution is -2.28. The molecule has 1 heterocycles. The number of methoxy groups -OCH3 is 1. The topological polar surface area (TPSA) is 112 Å². The molecular weight excluding hydrogens is 449 g/mol. The van der Waals surface area contributed by atoms with Gasteiger partial charge in [-0.25, -0.2) is 0 Å². The highest BCUT2D eigenvalue weighted by Gasteiger charge is 2.33. The maximum atomic E-state index is 12.8. The SMILES string of the molecule is COc1cc(/C=N\N=C2/NC(=O)[C@H](CC(=O)Nc3cccc(C(F)(F)F)c3)S2)ccc1O. The van der Waals surface area contributed by atoms with Crippen molar-refractivity contribution >= 4 is 40.6 Å². The Kier molecular flexibility index (Phi) is 7.03. The van der Waals surface area contributed by atoms with Gasteiger partial charge in [0.1, 0.15) is 5.25 Å². The van der Waals surface area contributed by atoms with Gasteiger partial charge in [-0.05, 0) is 42.0 Å². The first-order valence-corrected chi connectivity index (χ1v) is 9.96. The molecule has 168 valence electrons. The van der Waals surface area contributed by atoms with Crippen LogP contribution >= 0.6 is 11.8 Å². The lowest BCUT2D eigenvalue weighted by molar-refractivity contribution is -0.137. The van der Waals surface area contributed by atoms with Crippen molar-refractivity contribution in [3.8, 4) is 11.5 Å². The average Bonchev–Trinajstić information content (AvgIpc) is 3.07. The lowest BCUT2D eigenvalue weighted by atomic mass is 10.2. The van der Waals surface area contributed by atoms with E-state index in [1.54, 1.807) is 12.1 Å². The fourth-order valence-corrected chi connectivity index (χ4v) is 3.59. The Morgan fingerprint density at radius 1 is 1.31 bits per heavy atom. The van der Waals surface area contributed by atoms with Crippen LogP contribution in [0, 0.1) is 0 Å². The molecule has 32 heavy (non-hydrogen) atoms. The number of amidine groups is 1. The van der Waals surface area contributed by atoms with Crippen LogP contribution in [0.5, 0.6) is 11.5 Å². The van der Waals surface area contributed by atoms with Gasteiger partial charge in [0, 0.05) is 12.1 Å². The van der Waals surface area contributed by atoms with Crippen molar-refractivity contribution in [3.05, 3.63) is 53.6 Å². The summed E-state index contributed by atoms with van der Waals surface area (Å²) in [5, 5.41) is 21.5. The first-order valence-electron chi connectivity index (χ1n) is 9.08. The van der Waals surface area contributed by atoms with Gasteiger partial charge in [-0.15, -0.1) is 5.10 Å². The molecule has 1 fully saturated rings. The van der Waals surface area contributed by atoms with E-state index in [-0.39, 0.29) is 28.8 Å². The Labute approximate surface area is 184 Å². The van der Waals surface area contributed by atoms with Gasteiger partial charge >= 0.3 is 6.18 Å². The number of phenolic OH excluding ortho intramolecular Hbond substituents is 1. The van der Waals surface area contributed by atoms with E-state index in [9.17, 15) is 27.9 Å². The van der Waals surface area contributed by atoms with Crippen molar-refractivity contribution in [2.45, 2.75) is 17.8 Å². The minimum Gasteiger partial charge on any atom is -0.504 e. The molecule has 3 N–H and O–H groups in total. The molecule has 1 saturated heterocycles. The monoisotopic (exact) mass is 466 g/mol. The normalized spacial score (nSPS) is 17.6. The Hall–Kier alpha value is -3.54. The molecule has 2 aromatic rings. The number of amides is 2. The molecule has 1 aliphatic rings. The Bertz CT molecular complexity index is 1090. The summed E-state index contributed by atoms with van der Waals surface area (Å²) in [7, 11) is 1.41. The van der Waals surface area contributed by atoms with E-state index >= 15 is 0 Å². The third-order valence-corrected chi connectivity index (χ3v) is 5.25. The van der Waals surface area contributed by atoms with Gasteiger partial charge in [0.15, 0.2) is 16.7 Å². The van der Waals surface area contributed by atoms with Gasteiger partial charge < -0.3 is 20.5 Å². The first-order chi connectivity index (χ1) is 15.2. The smallest absolute Gasteiger partial charge is 0.416 e. The van der Waals surface area contributed by atoms with Crippen molar-refractivity contribution in [1.29, 1.82) is 0 Å². The van der Waals surface area contributed by atoms with E-state index in [1.807, 2.05) is 0 Å². The standard InChI is InChI=1S/C20H17F3N4O4S/c1-31-15-7-11(5-6-14(15)28)10-24-27-19-26-18(30)16(32-19)9-17(29)25-13-4-2-3-12(8-13)20(21,22)23/h2-8,10,16,28H,9H2,1H3,(H,25,29)(H,26,27,30)/b24-10-/t16-/m0/s1. The summed E-state index contributed by atoms with van der Waals surface area (Å²) in [4.78, 5) is 24.3. The van der Waals surface area contributed by atoms with Gasteiger partial charge in [0.05, 0.1) is 18.9 Å². The van der Waals surface area contributed by atoms with Crippen LogP contribution in [0.1, 0.15) is 17.5 Å². The largest absolute Gasteiger partial charge is 0.504 e. The molecule has 0 spiro atoms. The minimum absolute atomic E-state index is 0.0175. The summed E-state index contributed by atoms with van der Waals surface area (Å²) in [5.74, 6) is -0.842. The summed E-state index contributed by atoms with van der Waals surface area (Å²) >= 11 is 0.980. The molecule has 0 bridgehead atoms. The van der Waals surface area contributed by atoms with Crippen LogP contribution in [0.2, 0.25) is 0 Å². The lowest BCUT2D eigenvalue weighted by Gasteiger charge is -2.10. The number of hydrogen-bond acceptors (Lipinski definition) is 7. The average molecular weight is 466 g/mol. The van der Waals surface area contributed by atoms with Crippen LogP contribution < -0.4 is 15.4 Å². The zero-order valence-electron chi connectivity index (χ0n) is 16.5.